The number of nitrogens with zero attached hydrogens (tertiary/aromatic N) is 2. The highest BCUT2D eigenvalue weighted by molar-refractivity contribution is 7.80. The lowest BCUT2D eigenvalue weighted by Crippen LogP contribution is -2.50. The number of thiocarbonyl (C=S) groups is 2. The second-order valence-electron chi connectivity index (χ2n) is 1.96. The summed E-state index contributed by atoms with van der Waals surface area (Å²) >= 11 is 10.8. The Morgan fingerprint density at radius 1 is 1.54 bits per heavy atom. The Hall–Kier alpha value is -0.990. The molecule has 1 heterocycles. The monoisotopic (exact) mass is 233 g/mol. The number of thiazole rings is 1. The molecule has 0 saturated heterocycles. The van der Waals surface area contributed by atoms with Crippen molar-refractivity contribution in [3.05, 3.63) is 11.6 Å². The molecular formula is C5H7N5S3. The highest BCUT2D eigenvalue weighted by Gasteiger charge is 2.11. The number of anilines is 1. The number of nitrogens with two attached hydrogens (primary N) is 2. The number of rotatable bonds is 1. The molecule has 5 nitrogen and oxygen atoms in total. The van der Waals surface area contributed by atoms with E-state index < -0.39 is 0 Å². The molecule has 0 aliphatic heterocycles. The van der Waals surface area contributed by atoms with E-state index in [9.17, 15) is 0 Å². The third-order valence-electron chi connectivity index (χ3n) is 1.05. The van der Waals surface area contributed by atoms with Gasteiger partial charge in [-0.05, 0) is 24.4 Å². The molecular weight excluding hydrogens is 226 g/mol. The van der Waals surface area contributed by atoms with Crippen LogP contribution in [0.4, 0.5) is 5.13 Å². The fourth-order valence-corrected chi connectivity index (χ4v) is 1.53. The third kappa shape index (κ3) is 2.76. The van der Waals surface area contributed by atoms with Crippen molar-refractivity contribution in [2.75, 3.05) is 5.01 Å². The Balaban J connectivity index is 2.81. The van der Waals surface area contributed by atoms with Gasteiger partial charge in [-0.1, -0.05) is 0 Å². The van der Waals surface area contributed by atoms with Crippen molar-refractivity contribution in [1.29, 1.82) is 0 Å². The van der Waals surface area contributed by atoms with Gasteiger partial charge in [0, 0.05) is 11.6 Å². The zero-order valence-electron chi connectivity index (χ0n) is 6.43. The van der Waals surface area contributed by atoms with Crippen LogP contribution in [0.2, 0.25) is 0 Å². The van der Waals surface area contributed by atoms with E-state index in [4.69, 9.17) is 23.7 Å². The van der Waals surface area contributed by atoms with E-state index in [1.807, 2.05) is 0 Å². The molecule has 0 radical (unpaired) electrons. The van der Waals surface area contributed by atoms with Crippen LogP contribution < -0.4 is 21.9 Å². The number of hydrogen-bond donors (Lipinski definition) is 3. The van der Waals surface area contributed by atoms with Crippen molar-refractivity contribution in [3.8, 4) is 0 Å². The molecule has 13 heavy (non-hydrogen) atoms. The van der Waals surface area contributed by atoms with Crippen molar-refractivity contribution in [1.82, 2.24) is 10.4 Å². The zero-order valence-corrected chi connectivity index (χ0v) is 8.88. The van der Waals surface area contributed by atoms with E-state index in [0.29, 0.717) is 5.13 Å². The second-order valence-corrected chi connectivity index (χ2v) is 3.70. The Morgan fingerprint density at radius 2 is 2.23 bits per heavy atom. The maximum absolute atomic E-state index is 5.42. The van der Waals surface area contributed by atoms with Crippen LogP contribution in [0.1, 0.15) is 0 Å². The smallest absolute Gasteiger partial charge is 0.211 e. The summed E-state index contributed by atoms with van der Waals surface area (Å²) in [6, 6.07) is 0. The van der Waals surface area contributed by atoms with Crippen LogP contribution in [0.15, 0.2) is 11.6 Å². The van der Waals surface area contributed by atoms with Gasteiger partial charge in [-0.2, -0.15) is 0 Å². The molecule has 1 aromatic rings. The summed E-state index contributed by atoms with van der Waals surface area (Å²) in [6.45, 7) is 0. The first-order valence-corrected chi connectivity index (χ1v) is 4.86. The molecule has 0 bridgehead atoms. The molecule has 5 N–H and O–H groups in total. The summed E-state index contributed by atoms with van der Waals surface area (Å²) in [7, 11) is 0. The first kappa shape index (κ1) is 10.1. The Labute approximate surface area is 89.7 Å². The summed E-state index contributed by atoms with van der Waals surface area (Å²) in [6.07, 6.45) is 1.63. The lowest BCUT2D eigenvalue weighted by atomic mass is 10.9. The minimum absolute atomic E-state index is 0.0861. The Morgan fingerprint density at radius 3 is 2.62 bits per heavy atom. The van der Waals surface area contributed by atoms with Gasteiger partial charge in [-0.15, -0.1) is 11.3 Å². The van der Waals surface area contributed by atoms with E-state index >= 15 is 0 Å². The molecule has 0 amide bonds. The van der Waals surface area contributed by atoms with Gasteiger partial charge >= 0.3 is 0 Å². The van der Waals surface area contributed by atoms with E-state index in [-0.39, 0.29) is 10.2 Å². The molecule has 0 aliphatic carbocycles. The summed E-state index contributed by atoms with van der Waals surface area (Å²) in [5.74, 6) is 0. The van der Waals surface area contributed by atoms with Crippen LogP contribution >= 0.6 is 35.8 Å². The summed E-state index contributed by atoms with van der Waals surface area (Å²) in [5.41, 5.74) is 13.3. The molecule has 0 unspecified atom stereocenters. The summed E-state index contributed by atoms with van der Waals surface area (Å²) in [4.78, 5) is 3.99. The van der Waals surface area contributed by atoms with Crippen LogP contribution in [0.25, 0.3) is 0 Å². The van der Waals surface area contributed by atoms with Gasteiger partial charge in [0.25, 0.3) is 0 Å². The van der Waals surface area contributed by atoms with Gasteiger partial charge in [0.2, 0.25) is 5.13 Å². The van der Waals surface area contributed by atoms with Crippen LogP contribution in [0.5, 0.6) is 0 Å². The Bertz CT molecular complexity index is 308. The van der Waals surface area contributed by atoms with Crippen LogP contribution in [0, 0.1) is 0 Å². The molecule has 0 atom stereocenters. The van der Waals surface area contributed by atoms with Crippen LogP contribution in [-0.2, 0) is 0 Å². The van der Waals surface area contributed by atoms with E-state index in [2.05, 4.69) is 22.6 Å². The van der Waals surface area contributed by atoms with Crippen molar-refractivity contribution in [3.63, 3.8) is 0 Å². The van der Waals surface area contributed by atoms with Gasteiger partial charge in [-0.25, -0.2) is 9.99 Å². The molecule has 0 aliphatic rings. The maximum Gasteiger partial charge on any atom is 0.211 e. The SMILES string of the molecule is NC(=S)NN(C(N)=S)c1nccs1. The first-order valence-electron chi connectivity index (χ1n) is 3.16. The van der Waals surface area contributed by atoms with Gasteiger partial charge in [-0.3, -0.25) is 5.43 Å². The van der Waals surface area contributed by atoms with Crippen LogP contribution in [0.3, 0.4) is 0 Å². The highest BCUT2D eigenvalue weighted by atomic mass is 32.1. The third-order valence-corrected chi connectivity index (χ3v) is 2.08. The van der Waals surface area contributed by atoms with Gasteiger partial charge < -0.3 is 11.5 Å². The van der Waals surface area contributed by atoms with E-state index in [0.717, 1.165) is 0 Å². The molecule has 70 valence electrons. The standard InChI is InChI=1S/C5H7N5S3/c6-3(11)9-10(4(7)12)5-8-1-2-13-5/h1-2H,(H2,7,12)(H3,6,9,11). The molecule has 1 rings (SSSR count). The van der Waals surface area contributed by atoms with Crippen LogP contribution in [-0.4, -0.2) is 15.2 Å². The number of hydrogen-bond acceptors (Lipinski definition) is 4. The predicted molar refractivity (Wildman–Crippen MR) is 61.3 cm³/mol. The summed E-state index contributed by atoms with van der Waals surface area (Å²) < 4.78 is 0. The van der Waals surface area contributed by atoms with Gasteiger partial charge in [0.05, 0.1) is 0 Å². The predicted octanol–water partition coefficient (Wildman–Crippen LogP) is -0.0587. The largest absolute Gasteiger partial charge is 0.375 e. The van der Waals surface area contributed by atoms with Gasteiger partial charge in [0.1, 0.15) is 0 Å². The fraction of sp³-hybridized carbons (Fsp3) is 0. The van der Waals surface area contributed by atoms with Gasteiger partial charge in [0.15, 0.2) is 10.2 Å². The van der Waals surface area contributed by atoms with Crippen molar-refractivity contribution in [2.45, 2.75) is 0 Å². The molecule has 0 spiro atoms. The maximum atomic E-state index is 5.42. The molecule has 1 aromatic heterocycles. The molecule has 0 saturated carbocycles. The molecule has 0 aromatic carbocycles. The topological polar surface area (TPSA) is 80.2 Å². The van der Waals surface area contributed by atoms with E-state index in [1.54, 1.807) is 11.6 Å². The minimum atomic E-state index is 0.0861. The van der Waals surface area contributed by atoms with Crippen molar-refractivity contribution in [2.24, 2.45) is 11.5 Å². The number of hydrazine groups is 1. The molecule has 8 heteroatoms. The number of nitrogens with one attached hydrogen (secondary N) is 1. The normalized spacial score (nSPS) is 9.23. The van der Waals surface area contributed by atoms with E-state index in [1.165, 1.54) is 16.3 Å². The Kier molecular flexibility index (Phi) is 3.34. The second kappa shape index (κ2) is 4.30. The highest BCUT2D eigenvalue weighted by Crippen LogP contribution is 2.14. The number of aromatic nitrogens is 1. The molecule has 0 fully saturated rings. The first-order chi connectivity index (χ1) is 6.11. The fourth-order valence-electron chi connectivity index (χ4n) is 0.634. The lowest BCUT2D eigenvalue weighted by molar-refractivity contribution is 0.961. The minimum Gasteiger partial charge on any atom is -0.375 e. The average molecular weight is 233 g/mol. The average Bonchev–Trinajstić information content (AvgIpc) is 2.50. The van der Waals surface area contributed by atoms with Crippen molar-refractivity contribution >= 4 is 51.1 Å². The zero-order chi connectivity index (χ0) is 9.84. The lowest BCUT2D eigenvalue weighted by Gasteiger charge is -2.19. The summed E-state index contributed by atoms with van der Waals surface area (Å²) in [5, 5.41) is 3.94. The van der Waals surface area contributed by atoms with Crippen molar-refractivity contribution < 1.29 is 0 Å². The quantitative estimate of drug-likeness (QED) is 0.463.